The summed E-state index contributed by atoms with van der Waals surface area (Å²) in [5.74, 6) is 0.307. The topological polar surface area (TPSA) is 43.8 Å². The molecule has 0 spiro atoms. The molecule has 0 aliphatic heterocycles. The van der Waals surface area contributed by atoms with Gasteiger partial charge in [0.25, 0.3) is 0 Å². The van der Waals surface area contributed by atoms with Gasteiger partial charge in [-0.15, -0.1) is 0 Å². The van der Waals surface area contributed by atoms with E-state index in [0.29, 0.717) is 18.3 Å². The molecule has 0 unspecified atom stereocenters. The molecule has 1 fully saturated rings. The van der Waals surface area contributed by atoms with E-state index in [-0.39, 0.29) is 11.3 Å². The Balaban J connectivity index is 2.20. The van der Waals surface area contributed by atoms with Gasteiger partial charge < -0.3 is 10.3 Å². The van der Waals surface area contributed by atoms with Crippen molar-refractivity contribution >= 4 is 5.82 Å². The predicted octanol–water partition coefficient (Wildman–Crippen LogP) is 3.31. The molecule has 0 amide bonds. The van der Waals surface area contributed by atoms with Crippen LogP contribution in [0.3, 0.4) is 0 Å². The van der Waals surface area contributed by atoms with E-state index in [9.17, 15) is 8.78 Å². The van der Waals surface area contributed by atoms with Gasteiger partial charge in [-0.25, -0.2) is 13.8 Å². The molecule has 0 bridgehead atoms. The van der Waals surface area contributed by atoms with Crippen LogP contribution in [0.2, 0.25) is 0 Å². The first-order valence-electron chi connectivity index (χ1n) is 6.43. The summed E-state index contributed by atoms with van der Waals surface area (Å²) < 4.78 is 29.5. The fourth-order valence-electron chi connectivity index (χ4n) is 2.38. The number of nitrogens with two attached hydrogens (primary N) is 1. The minimum atomic E-state index is -0.630. The lowest BCUT2D eigenvalue weighted by molar-refractivity contribution is 0.589. The molecule has 0 atom stereocenters. The normalized spacial score (nSPS) is 14.9. The number of rotatable bonds is 3. The number of hydrogen-bond donors (Lipinski definition) is 1. The molecule has 3 nitrogen and oxygen atoms in total. The average molecular weight is 263 g/mol. The highest BCUT2D eigenvalue weighted by Crippen LogP contribution is 2.42. The third kappa shape index (κ3) is 1.89. The lowest BCUT2D eigenvalue weighted by atomic mass is 10.1. The van der Waals surface area contributed by atoms with Crippen molar-refractivity contribution in [3.63, 3.8) is 0 Å². The molecule has 1 aliphatic carbocycles. The molecule has 1 aromatic heterocycles. The fraction of sp³-hybridized carbons (Fsp3) is 0.357. The van der Waals surface area contributed by atoms with Gasteiger partial charge >= 0.3 is 0 Å². The average Bonchev–Trinajstić information content (AvgIpc) is 3.16. The van der Waals surface area contributed by atoms with Crippen molar-refractivity contribution in [1.29, 1.82) is 0 Å². The van der Waals surface area contributed by atoms with Gasteiger partial charge in [0, 0.05) is 12.5 Å². The highest BCUT2D eigenvalue weighted by molar-refractivity contribution is 5.72. The Morgan fingerprint density at radius 3 is 2.47 bits per heavy atom. The summed E-state index contributed by atoms with van der Waals surface area (Å²) in [5.41, 5.74) is 6.11. The van der Waals surface area contributed by atoms with Gasteiger partial charge in [-0.2, -0.15) is 0 Å². The van der Waals surface area contributed by atoms with E-state index < -0.39 is 11.6 Å². The molecular weight excluding hydrogens is 248 g/mol. The fourth-order valence-corrected chi connectivity index (χ4v) is 2.38. The summed E-state index contributed by atoms with van der Waals surface area (Å²) >= 11 is 0. The van der Waals surface area contributed by atoms with Crippen molar-refractivity contribution in [2.24, 2.45) is 0 Å². The van der Waals surface area contributed by atoms with Crippen LogP contribution in [0.5, 0.6) is 0 Å². The van der Waals surface area contributed by atoms with Gasteiger partial charge in [0.05, 0.1) is 5.56 Å². The number of nitrogen functional groups attached to an aromatic ring is 1. The molecule has 3 rings (SSSR count). The third-order valence-electron chi connectivity index (χ3n) is 3.49. The number of benzene rings is 1. The van der Waals surface area contributed by atoms with Crippen LogP contribution >= 0.6 is 0 Å². The molecule has 1 aliphatic rings. The Hall–Kier alpha value is -1.91. The van der Waals surface area contributed by atoms with Crippen LogP contribution in [-0.4, -0.2) is 9.55 Å². The summed E-state index contributed by atoms with van der Waals surface area (Å²) in [7, 11) is 0. The van der Waals surface area contributed by atoms with E-state index in [0.717, 1.165) is 18.7 Å². The number of anilines is 1. The van der Waals surface area contributed by atoms with Crippen molar-refractivity contribution in [2.75, 3.05) is 5.73 Å². The Morgan fingerprint density at radius 1 is 1.32 bits per heavy atom. The van der Waals surface area contributed by atoms with E-state index in [1.165, 1.54) is 18.2 Å². The Kier molecular flexibility index (Phi) is 2.77. The first-order valence-corrected chi connectivity index (χ1v) is 6.43. The molecule has 2 N–H and O–H groups in total. The molecule has 19 heavy (non-hydrogen) atoms. The number of imidazole rings is 1. The van der Waals surface area contributed by atoms with Gasteiger partial charge in [0.15, 0.2) is 0 Å². The second kappa shape index (κ2) is 4.33. The Labute approximate surface area is 110 Å². The van der Waals surface area contributed by atoms with Crippen molar-refractivity contribution in [2.45, 2.75) is 32.2 Å². The molecule has 1 saturated carbocycles. The largest absolute Gasteiger partial charge is 0.383 e. The summed E-state index contributed by atoms with van der Waals surface area (Å²) in [5, 5.41) is 0. The highest BCUT2D eigenvalue weighted by Gasteiger charge is 2.31. The van der Waals surface area contributed by atoms with Crippen molar-refractivity contribution in [1.82, 2.24) is 9.55 Å². The van der Waals surface area contributed by atoms with E-state index in [1.807, 2.05) is 11.5 Å². The van der Waals surface area contributed by atoms with E-state index in [1.54, 1.807) is 0 Å². The SMILES string of the molecule is CCn1c(C2CC2)nc(-c2c(F)cccc2F)c1N. The van der Waals surface area contributed by atoms with Crippen LogP contribution in [0.4, 0.5) is 14.6 Å². The van der Waals surface area contributed by atoms with Gasteiger partial charge in [0.1, 0.15) is 29.0 Å². The van der Waals surface area contributed by atoms with Crippen LogP contribution < -0.4 is 5.73 Å². The number of nitrogens with zero attached hydrogens (tertiary/aromatic N) is 2. The number of hydrogen-bond acceptors (Lipinski definition) is 2. The van der Waals surface area contributed by atoms with E-state index in [2.05, 4.69) is 4.98 Å². The molecule has 1 aromatic carbocycles. The van der Waals surface area contributed by atoms with Crippen molar-refractivity contribution in [3.8, 4) is 11.3 Å². The zero-order valence-corrected chi connectivity index (χ0v) is 10.7. The Morgan fingerprint density at radius 2 is 1.95 bits per heavy atom. The summed E-state index contributed by atoms with van der Waals surface area (Å²) in [4.78, 5) is 4.39. The minimum absolute atomic E-state index is 0.130. The first kappa shape index (κ1) is 12.1. The lowest BCUT2D eigenvalue weighted by Crippen LogP contribution is -2.04. The molecule has 1 heterocycles. The second-order valence-corrected chi connectivity index (χ2v) is 4.82. The van der Waals surface area contributed by atoms with E-state index >= 15 is 0 Å². The minimum Gasteiger partial charge on any atom is -0.383 e. The van der Waals surface area contributed by atoms with E-state index in [4.69, 9.17) is 5.73 Å². The molecule has 2 aromatic rings. The van der Waals surface area contributed by atoms with Gasteiger partial charge in [0.2, 0.25) is 0 Å². The summed E-state index contributed by atoms with van der Waals surface area (Å²) in [6.45, 7) is 2.60. The smallest absolute Gasteiger partial charge is 0.135 e. The maximum absolute atomic E-state index is 13.8. The van der Waals surface area contributed by atoms with Gasteiger partial charge in [-0.05, 0) is 31.9 Å². The predicted molar refractivity (Wildman–Crippen MR) is 69.6 cm³/mol. The Bertz CT molecular complexity index is 610. The lowest BCUT2D eigenvalue weighted by Gasteiger charge is -2.06. The van der Waals surface area contributed by atoms with Gasteiger partial charge in [-0.1, -0.05) is 6.07 Å². The van der Waals surface area contributed by atoms with Crippen LogP contribution in [-0.2, 0) is 6.54 Å². The van der Waals surface area contributed by atoms with Crippen molar-refractivity contribution < 1.29 is 8.78 Å². The quantitative estimate of drug-likeness (QED) is 0.923. The molecule has 0 saturated heterocycles. The highest BCUT2D eigenvalue weighted by atomic mass is 19.1. The van der Waals surface area contributed by atoms with Crippen LogP contribution in [0.15, 0.2) is 18.2 Å². The number of halogens is 2. The molecular formula is C14H15F2N3. The summed E-state index contributed by atoms with van der Waals surface area (Å²) in [6.07, 6.45) is 2.13. The summed E-state index contributed by atoms with van der Waals surface area (Å²) in [6, 6.07) is 3.78. The zero-order chi connectivity index (χ0) is 13.6. The monoisotopic (exact) mass is 263 g/mol. The second-order valence-electron chi connectivity index (χ2n) is 4.82. The molecule has 5 heteroatoms. The first-order chi connectivity index (χ1) is 9.13. The van der Waals surface area contributed by atoms with Crippen molar-refractivity contribution in [3.05, 3.63) is 35.7 Å². The van der Waals surface area contributed by atoms with Crippen LogP contribution in [0.1, 0.15) is 31.5 Å². The van der Waals surface area contributed by atoms with Crippen LogP contribution in [0.25, 0.3) is 11.3 Å². The van der Waals surface area contributed by atoms with Crippen LogP contribution in [0, 0.1) is 11.6 Å². The van der Waals surface area contributed by atoms with Gasteiger partial charge in [-0.3, -0.25) is 0 Å². The molecule has 0 radical (unpaired) electrons. The third-order valence-corrected chi connectivity index (χ3v) is 3.49. The zero-order valence-electron chi connectivity index (χ0n) is 10.7. The maximum atomic E-state index is 13.8. The number of aromatic nitrogens is 2. The molecule has 100 valence electrons. The maximum Gasteiger partial charge on any atom is 0.135 e. The standard InChI is InChI=1S/C14H15F2N3/c1-2-19-13(17)12(18-14(19)8-6-7-8)11-9(15)4-3-5-10(11)16/h3-5,8H,2,6-7,17H2,1H3.